The molecule has 0 unspecified atom stereocenters. The molecule has 1 aliphatic rings. The van der Waals surface area contributed by atoms with Gasteiger partial charge in [-0.05, 0) is 37.5 Å². The van der Waals surface area contributed by atoms with Crippen LogP contribution in [0.4, 0.5) is 0 Å². The number of aromatic nitrogens is 2. The molecule has 21 heavy (non-hydrogen) atoms. The van der Waals surface area contributed by atoms with Gasteiger partial charge in [0.2, 0.25) is 0 Å². The van der Waals surface area contributed by atoms with Gasteiger partial charge in [0.1, 0.15) is 4.21 Å². The van der Waals surface area contributed by atoms with E-state index in [-0.39, 0.29) is 0 Å². The maximum atomic E-state index is 12.6. The number of sulfonamides is 1. The van der Waals surface area contributed by atoms with E-state index in [4.69, 9.17) is 0 Å². The van der Waals surface area contributed by atoms with Crippen LogP contribution in [-0.4, -0.2) is 35.6 Å². The summed E-state index contributed by atoms with van der Waals surface area (Å²) in [4.78, 5) is 1.11. The smallest absolute Gasteiger partial charge is 0.252 e. The molecular weight excluding hydrogens is 306 g/mol. The van der Waals surface area contributed by atoms with Crippen molar-refractivity contribution < 1.29 is 8.42 Å². The van der Waals surface area contributed by atoms with Crippen LogP contribution in [0.5, 0.6) is 0 Å². The van der Waals surface area contributed by atoms with Crippen LogP contribution in [0.3, 0.4) is 0 Å². The molecule has 5 nitrogen and oxygen atoms in total. The summed E-state index contributed by atoms with van der Waals surface area (Å²) < 4.78 is 29.3. The number of aryl methyl sites for hydroxylation is 1. The van der Waals surface area contributed by atoms with Crippen molar-refractivity contribution in [3.63, 3.8) is 0 Å². The topological polar surface area (TPSA) is 55.2 Å². The van der Waals surface area contributed by atoms with Crippen molar-refractivity contribution in [3.05, 3.63) is 35.5 Å². The van der Waals surface area contributed by atoms with E-state index in [1.807, 2.05) is 29.9 Å². The molecule has 3 heterocycles. The molecule has 1 saturated heterocycles. The van der Waals surface area contributed by atoms with Crippen LogP contribution in [0, 0.1) is 0 Å². The van der Waals surface area contributed by atoms with Crippen molar-refractivity contribution in [2.45, 2.75) is 36.4 Å². The molecule has 0 bridgehead atoms. The third kappa shape index (κ3) is 2.90. The molecule has 2 aromatic heterocycles. The molecule has 3 rings (SSSR count). The van der Waals surface area contributed by atoms with Crippen molar-refractivity contribution in [2.24, 2.45) is 0 Å². The van der Waals surface area contributed by atoms with E-state index in [0.717, 1.165) is 24.1 Å². The molecule has 0 aromatic carbocycles. The third-order valence-corrected chi connectivity index (χ3v) is 7.50. The molecule has 0 spiro atoms. The van der Waals surface area contributed by atoms with Crippen molar-refractivity contribution in [1.29, 1.82) is 0 Å². The second kappa shape index (κ2) is 5.90. The van der Waals surface area contributed by atoms with Crippen LogP contribution in [0.1, 0.15) is 30.7 Å². The first-order chi connectivity index (χ1) is 10.1. The maximum Gasteiger partial charge on any atom is 0.252 e. The van der Waals surface area contributed by atoms with Crippen LogP contribution in [-0.2, 0) is 16.4 Å². The van der Waals surface area contributed by atoms with Crippen LogP contribution in [0.15, 0.2) is 34.8 Å². The number of piperidine rings is 1. The number of nitrogens with zero attached hydrogens (tertiary/aromatic N) is 3. The van der Waals surface area contributed by atoms with E-state index in [9.17, 15) is 8.42 Å². The van der Waals surface area contributed by atoms with E-state index < -0.39 is 10.0 Å². The van der Waals surface area contributed by atoms with Gasteiger partial charge in [-0.15, -0.1) is 11.3 Å². The van der Waals surface area contributed by atoms with Crippen molar-refractivity contribution in [2.75, 3.05) is 13.1 Å². The lowest BCUT2D eigenvalue weighted by Gasteiger charge is -2.30. The summed E-state index contributed by atoms with van der Waals surface area (Å²) in [7, 11) is -3.32. The number of hydrogen-bond donors (Lipinski definition) is 0. The fourth-order valence-electron chi connectivity index (χ4n) is 2.66. The Bertz CT molecular complexity index is 684. The molecule has 0 radical (unpaired) electrons. The second-order valence-electron chi connectivity index (χ2n) is 5.20. The van der Waals surface area contributed by atoms with Crippen molar-refractivity contribution >= 4 is 21.4 Å². The monoisotopic (exact) mass is 325 g/mol. The van der Waals surface area contributed by atoms with Crippen LogP contribution in [0.2, 0.25) is 0 Å². The normalized spacial score (nSPS) is 18.1. The van der Waals surface area contributed by atoms with Crippen LogP contribution in [0.25, 0.3) is 0 Å². The fourth-order valence-corrected chi connectivity index (χ4v) is 5.58. The standard InChI is InChI=1S/C14H19N3O2S2/c1-2-13-4-5-14(20-13)21(18,19)16-10-6-12(7-11-16)17-9-3-8-15-17/h3-5,8-9,12H,2,6-7,10-11H2,1H3. The third-order valence-electron chi connectivity index (χ3n) is 3.90. The molecule has 0 atom stereocenters. The van der Waals surface area contributed by atoms with Gasteiger partial charge >= 0.3 is 0 Å². The Morgan fingerprint density at radius 2 is 2.10 bits per heavy atom. The summed E-state index contributed by atoms with van der Waals surface area (Å²) in [6.45, 7) is 3.16. The highest BCUT2D eigenvalue weighted by atomic mass is 32.2. The first-order valence-corrected chi connectivity index (χ1v) is 9.45. The molecule has 0 N–H and O–H groups in total. The first kappa shape index (κ1) is 14.7. The molecule has 2 aromatic rings. The van der Waals surface area contributed by atoms with E-state index in [0.29, 0.717) is 23.3 Å². The average Bonchev–Trinajstić information content (AvgIpc) is 3.19. The lowest BCUT2D eigenvalue weighted by molar-refractivity contribution is 0.261. The maximum absolute atomic E-state index is 12.6. The predicted molar refractivity (Wildman–Crippen MR) is 83.0 cm³/mol. The average molecular weight is 325 g/mol. The van der Waals surface area contributed by atoms with E-state index in [1.165, 1.54) is 11.3 Å². The van der Waals surface area contributed by atoms with Gasteiger partial charge in [-0.1, -0.05) is 6.92 Å². The largest absolute Gasteiger partial charge is 0.270 e. The molecule has 7 heteroatoms. The lowest BCUT2D eigenvalue weighted by atomic mass is 10.1. The van der Waals surface area contributed by atoms with E-state index in [2.05, 4.69) is 5.10 Å². The minimum absolute atomic E-state index is 0.306. The molecule has 114 valence electrons. The van der Waals surface area contributed by atoms with Crippen LogP contribution < -0.4 is 0 Å². The number of hydrogen-bond acceptors (Lipinski definition) is 4. The Morgan fingerprint density at radius 1 is 1.33 bits per heavy atom. The zero-order valence-electron chi connectivity index (χ0n) is 12.0. The zero-order chi connectivity index (χ0) is 14.9. The summed E-state index contributed by atoms with van der Waals surface area (Å²) in [6, 6.07) is 5.86. The van der Waals surface area contributed by atoms with Crippen LogP contribution >= 0.6 is 11.3 Å². The van der Waals surface area contributed by atoms with Gasteiger partial charge in [0.25, 0.3) is 10.0 Å². The van der Waals surface area contributed by atoms with Crippen molar-refractivity contribution in [3.8, 4) is 0 Å². The highest BCUT2D eigenvalue weighted by molar-refractivity contribution is 7.91. The van der Waals surface area contributed by atoms with Gasteiger partial charge in [0.15, 0.2) is 0 Å². The Labute approximate surface area is 129 Å². The van der Waals surface area contributed by atoms with Gasteiger partial charge in [-0.3, -0.25) is 4.68 Å². The fraction of sp³-hybridized carbons (Fsp3) is 0.500. The Hall–Kier alpha value is -1.18. The Kier molecular flexibility index (Phi) is 4.14. The molecular formula is C14H19N3O2S2. The van der Waals surface area contributed by atoms with Crippen molar-refractivity contribution in [1.82, 2.24) is 14.1 Å². The lowest BCUT2D eigenvalue weighted by Crippen LogP contribution is -2.38. The summed E-state index contributed by atoms with van der Waals surface area (Å²) in [5.41, 5.74) is 0. The summed E-state index contributed by atoms with van der Waals surface area (Å²) >= 11 is 1.38. The molecule has 0 saturated carbocycles. The SMILES string of the molecule is CCc1ccc(S(=O)(=O)N2CCC(n3cccn3)CC2)s1. The first-order valence-electron chi connectivity index (χ1n) is 7.19. The van der Waals surface area contributed by atoms with Gasteiger partial charge in [0.05, 0.1) is 6.04 Å². The minimum Gasteiger partial charge on any atom is -0.270 e. The summed E-state index contributed by atoms with van der Waals surface area (Å²) in [5.74, 6) is 0. The second-order valence-corrected chi connectivity index (χ2v) is 8.53. The number of rotatable bonds is 4. The quantitative estimate of drug-likeness (QED) is 0.868. The molecule has 1 fully saturated rings. The van der Waals surface area contributed by atoms with E-state index >= 15 is 0 Å². The summed E-state index contributed by atoms with van der Waals surface area (Å²) in [6.07, 6.45) is 6.21. The van der Waals surface area contributed by atoms with Gasteiger partial charge in [-0.2, -0.15) is 9.40 Å². The minimum atomic E-state index is -3.32. The molecule has 1 aliphatic heterocycles. The highest BCUT2D eigenvalue weighted by Crippen LogP contribution is 2.29. The Morgan fingerprint density at radius 3 is 2.67 bits per heavy atom. The van der Waals surface area contributed by atoms with Gasteiger partial charge in [-0.25, -0.2) is 8.42 Å². The number of thiophene rings is 1. The molecule has 0 aliphatic carbocycles. The molecule has 0 amide bonds. The summed E-state index contributed by atoms with van der Waals surface area (Å²) in [5, 5.41) is 4.25. The Balaban J connectivity index is 1.71. The van der Waals surface area contributed by atoms with E-state index in [1.54, 1.807) is 16.6 Å². The van der Waals surface area contributed by atoms with Gasteiger partial charge < -0.3 is 0 Å². The van der Waals surface area contributed by atoms with Gasteiger partial charge in [0, 0.05) is 30.4 Å². The highest BCUT2D eigenvalue weighted by Gasteiger charge is 2.31. The zero-order valence-corrected chi connectivity index (χ0v) is 13.6. The predicted octanol–water partition coefficient (Wildman–Crippen LogP) is 2.53.